The number of hydrogen-bond donors (Lipinski definition) is 0. The Bertz CT molecular complexity index is 992. The van der Waals surface area contributed by atoms with Crippen molar-refractivity contribution in [3.8, 4) is 0 Å². The zero-order valence-electron chi connectivity index (χ0n) is 14.0. The van der Waals surface area contributed by atoms with Crippen LogP contribution >= 0.6 is 0 Å². The summed E-state index contributed by atoms with van der Waals surface area (Å²) in [4.78, 5) is 25.5. The number of hydrogen-bond acceptors (Lipinski definition) is 4. The molecular formula is C19H16FNO4S. The SMILES string of the molecule is CS(=O)(=O)c1cccc(C/C=C(/F)CN2C(=O)c3ccccc3C2=O)c1. The molecule has 2 amide bonds. The lowest BCUT2D eigenvalue weighted by Crippen LogP contribution is -2.31. The number of nitrogens with zero attached hydrogens (tertiary/aromatic N) is 1. The summed E-state index contributed by atoms with van der Waals surface area (Å²) in [5.74, 6) is -1.68. The maximum atomic E-state index is 14.2. The third-order valence-electron chi connectivity index (χ3n) is 4.07. The molecule has 0 fully saturated rings. The second-order valence-corrected chi connectivity index (χ2v) is 8.03. The minimum absolute atomic E-state index is 0.151. The van der Waals surface area contributed by atoms with Crippen LogP contribution in [0.15, 0.2) is 65.3 Å². The van der Waals surface area contributed by atoms with Crippen LogP contribution < -0.4 is 0 Å². The highest BCUT2D eigenvalue weighted by atomic mass is 32.2. The number of carbonyl (C=O) groups excluding carboxylic acids is 2. The van der Waals surface area contributed by atoms with Gasteiger partial charge in [-0.15, -0.1) is 0 Å². The number of allylic oxidation sites excluding steroid dienone is 1. The molecule has 0 atom stereocenters. The molecule has 0 saturated heterocycles. The summed E-state index contributed by atoms with van der Waals surface area (Å²) >= 11 is 0. The number of rotatable bonds is 5. The molecule has 0 radical (unpaired) electrons. The molecule has 0 aliphatic carbocycles. The number of carbonyl (C=O) groups is 2. The summed E-state index contributed by atoms with van der Waals surface area (Å²) in [6, 6.07) is 12.6. The lowest BCUT2D eigenvalue weighted by molar-refractivity contribution is 0.0660. The van der Waals surface area contributed by atoms with Crippen molar-refractivity contribution in [2.24, 2.45) is 0 Å². The van der Waals surface area contributed by atoms with E-state index >= 15 is 0 Å². The lowest BCUT2D eigenvalue weighted by atomic mass is 10.1. The average Bonchev–Trinajstić information content (AvgIpc) is 2.85. The van der Waals surface area contributed by atoms with E-state index in [0.29, 0.717) is 5.56 Å². The highest BCUT2D eigenvalue weighted by Gasteiger charge is 2.35. The molecule has 7 heteroatoms. The van der Waals surface area contributed by atoms with Crippen molar-refractivity contribution in [3.05, 3.63) is 77.1 Å². The minimum Gasteiger partial charge on any atom is -0.269 e. The van der Waals surface area contributed by atoms with Crippen molar-refractivity contribution >= 4 is 21.7 Å². The van der Waals surface area contributed by atoms with Crippen LogP contribution in [0.2, 0.25) is 0 Å². The largest absolute Gasteiger partial charge is 0.269 e. The highest BCUT2D eigenvalue weighted by molar-refractivity contribution is 7.90. The van der Waals surface area contributed by atoms with E-state index in [1.807, 2.05) is 0 Å². The molecule has 0 saturated carbocycles. The van der Waals surface area contributed by atoms with Crippen LogP contribution in [0.3, 0.4) is 0 Å². The molecule has 0 aromatic heterocycles. The van der Waals surface area contributed by atoms with Gasteiger partial charge in [-0.2, -0.15) is 0 Å². The minimum atomic E-state index is -3.34. The van der Waals surface area contributed by atoms with Gasteiger partial charge in [0, 0.05) is 6.26 Å². The van der Waals surface area contributed by atoms with E-state index in [0.717, 1.165) is 11.2 Å². The molecule has 0 N–H and O–H groups in total. The smallest absolute Gasteiger partial charge is 0.261 e. The first-order chi connectivity index (χ1) is 12.3. The fourth-order valence-corrected chi connectivity index (χ4v) is 3.42. The first-order valence-electron chi connectivity index (χ1n) is 7.86. The van der Waals surface area contributed by atoms with Gasteiger partial charge in [0.05, 0.1) is 22.6 Å². The van der Waals surface area contributed by atoms with Crippen LogP contribution in [0.4, 0.5) is 4.39 Å². The number of benzene rings is 2. The summed E-state index contributed by atoms with van der Waals surface area (Å²) in [5, 5.41) is 0. The van der Waals surface area contributed by atoms with E-state index in [9.17, 15) is 22.4 Å². The molecule has 26 heavy (non-hydrogen) atoms. The van der Waals surface area contributed by atoms with Crippen LogP contribution in [0, 0.1) is 0 Å². The topological polar surface area (TPSA) is 71.5 Å². The molecule has 1 aliphatic heterocycles. The van der Waals surface area contributed by atoms with Crippen molar-refractivity contribution in [2.45, 2.75) is 11.3 Å². The first kappa shape index (κ1) is 18.0. The zero-order chi connectivity index (χ0) is 18.9. The van der Waals surface area contributed by atoms with Crippen molar-refractivity contribution in [3.63, 3.8) is 0 Å². The molecular weight excluding hydrogens is 357 g/mol. The van der Waals surface area contributed by atoms with Crippen molar-refractivity contribution in [2.75, 3.05) is 12.8 Å². The van der Waals surface area contributed by atoms with Gasteiger partial charge in [0.1, 0.15) is 5.83 Å². The number of halogens is 1. The molecule has 5 nitrogen and oxygen atoms in total. The van der Waals surface area contributed by atoms with Crippen LogP contribution in [0.5, 0.6) is 0 Å². The van der Waals surface area contributed by atoms with Crippen molar-refractivity contribution < 1.29 is 22.4 Å². The predicted octanol–water partition coefficient (Wildman–Crippen LogP) is 2.78. The standard InChI is InChI=1S/C19H16FNO4S/c1-26(24,25)15-6-4-5-13(11-15)9-10-14(20)12-21-18(22)16-7-2-3-8-17(16)19(21)23/h2-8,10-11H,9,12H2,1H3/b14-10+. The lowest BCUT2D eigenvalue weighted by Gasteiger charge is -2.12. The highest BCUT2D eigenvalue weighted by Crippen LogP contribution is 2.23. The predicted molar refractivity (Wildman–Crippen MR) is 94.3 cm³/mol. The van der Waals surface area contributed by atoms with Gasteiger partial charge >= 0.3 is 0 Å². The van der Waals surface area contributed by atoms with E-state index in [2.05, 4.69) is 0 Å². The van der Waals surface area contributed by atoms with E-state index in [1.54, 1.807) is 24.3 Å². The van der Waals surface area contributed by atoms with Crippen LogP contribution in [0.25, 0.3) is 0 Å². The third-order valence-corrected chi connectivity index (χ3v) is 5.18. The van der Waals surface area contributed by atoms with E-state index < -0.39 is 34.0 Å². The molecule has 1 aliphatic rings. The summed E-state index contributed by atoms with van der Waals surface area (Å²) in [6.45, 7) is -0.446. The van der Waals surface area contributed by atoms with Gasteiger partial charge in [0.25, 0.3) is 11.8 Å². The Kier molecular flexibility index (Phi) is 4.73. The summed E-state index contributed by atoms with van der Waals surface area (Å²) in [7, 11) is -3.34. The number of imide groups is 1. The van der Waals surface area contributed by atoms with Gasteiger partial charge in [-0.05, 0) is 42.3 Å². The monoisotopic (exact) mass is 373 g/mol. The number of fused-ring (bicyclic) bond motifs is 1. The zero-order valence-corrected chi connectivity index (χ0v) is 14.8. The number of sulfone groups is 1. The van der Waals surface area contributed by atoms with Gasteiger partial charge in [-0.3, -0.25) is 14.5 Å². The van der Waals surface area contributed by atoms with Gasteiger partial charge in [-0.25, -0.2) is 12.8 Å². The van der Waals surface area contributed by atoms with Crippen molar-refractivity contribution in [1.29, 1.82) is 0 Å². The van der Waals surface area contributed by atoms with Crippen LogP contribution in [-0.2, 0) is 16.3 Å². The summed E-state index contributed by atoms with van der Waals surface area (Å²) in [6.07, 6.45) is 2.49. The molecule has 3 rings (SSSR count). The molecule has 2 aromatic rings. The fraction of sp³-hybridized carbons (Fsp3) is 0.158. The molecule has 2 aromatic carbocycles. The first-order valence-corrected chi connectivity index (χ1v) is 9.75. The Labute approximate surface area is 150 Å². The van der Waals surface area contributed by atoms with Crippen LogP contribution in [0.1, 0.15) is 26.3 Å². The van der Waals surface area contributed by atoms with Gasteiger partial charge in [-0.1, -0.05) is 24.3 Å². The van der Waals surface area contributed by atoms with E-state index in [1.165, 1.54) is 30.3 Å². The average molecular weight is 373 g/mol. The fourth-order valence-electron chi connectivity index (χ4n) is 2.73. The Hall–Kier alpha value is -2.80. The molecule has 0 spiro atoms. The van der Waals surface area contributed by atoms with E-state index in [-0.39, 0.29) is 22.4 Å². The Balaban J connectivity index is 1.73. The van der Waals surface area contributed by atoms with Gasteiger partial charge in [0.15, 0.2) is 9.84 Å². The molecule has 134 valence electrons. The maximum absolute atomic E-state index is 14.2. The van der Waals surface area contributed by atoms with Gasteiger partial charge < -0.3 is 0 Å². The Morgan fingerprint density at radius 3 is 2.23 bits per heavy atom. The maximum Gasteiger partial charge on any atom is 0.261 e. The summed E-state index contributed by atoms with van der Waals surface area (Å²) in [5.41, 5.74) is 1.16. The van der Waals surface area contributed by atoms with Crippen LogP contribution in [-0.4, -0.2) is 37.9 Å². The quantitative estimate of drug-likeness (QED) is 0.756. The Morgan fingerprint density at radius 1 is 1.04 bits per heavy atom. The normalized spacial score (nSPS) is 14.7. The second-order valence-electron chi connectivity index (χ2n) is 6.02. The number of amides is 2. The second kappa shape index (κ2) is 6.84. The molecule has 0 unspecified atom stereocenters. The summed E-state index contributed by atoms with van der Waals surface area (Å²) < 4.78 is 37.4. The Morgan fingerprint density at radius 2 is 1.65 bits per heavy atom. The van der Waals surface area contributed by atoms with E-state index in [4.69, 9.17) is 0 Å². The van der Waals surface area contributed by atoms with Crippen molar-refractivity contribution in [1.82, 2.24) is 4.90 Å². The molecule has 0 bridgehead atoms. The third kappa shape index (κ3) is 3.57. The molecule has 1 heterocycles. The van der Waals surface area contributed by atoms with Gasteiger partial charge in [0.2, 0.25) is 0 Å².